The zero-order valence-electron chi connectivity index (χ0n) is 13.1. The van der Waals surface area contributed by atoms with Crippen molar-refractivity contribution < 1.29 is 13.2 Å². The Morgan fingerprint density at radius 1 is 1.04 bits per heavy atom. The quantitative estimate of drug-likeness (QED) is 0.759. The number of sulfone groups is 1. The Morgan fingerprint density at radius 2 is 1.67 bits per heavy atom. The molecular formula is C17H17Cl2NO3S. The highest BCUT2D eigenvalue weighted by Gasteiger charge is 2.23. The van der Waals surface area contributed by atoms with Crippen LogP contribution >= 0.6 is 23.2 Å². The van der Waals surface area contributed by atoms with Gasteiger partial charge in [0.1, 0.15) is 5.75 Å². The van der Waals surface area contributed by atoms with E-state index in [0.29, 0.717) is 16.6 Å². The van der Waals surface area contributed by atoms with Crippen LogP contribution in [0.5, 0.6) is 0 Å². The Hall–Kier alpha value is -1.56. The number of carbonyl (C=O) groups is 1. The third-order valence-corrected chi connectivity index (χ3v) is 5.78. The zero-order chi connectivity index (χ0) is 17.7. The third kappa shape index (κ3) is 4.72. The van der Waals surface area contributed by atoms with Crippen LogP contribution in [0.2, 0.25) is 10.0 Å². The van der Waals surface area contributed by atoms with Crippen LogP contribution in [0.4, 0.5) is 0 Å². The molecule has 4 nitrogen and oxygen atoms in total. The molecule has 0 bridgehead atoms. The second-order valence-corrected chi connectivity index (χ2v) is 8.05. The highest BCUT2D eigenvalue weighted by Crippen LogP contribution is 2.19. The molecule has 0 aliphatic rings. The van der Waals surface area contributed by atoms with Gasteiger partial charge in [-0.25, -0.2) is 8.42 Å². The Kier molecular flexibility index (Phi) is 6.27. The minimum absolute atomic E-state index is 0.0778. The predicted molar refractivity (Wildman–Crippen MR) is 96.0 cm³/mol. The molecule has 0 aliphatic heterocycles. The standard InChI is InChI=1S/C17H17Cl2NO3S/c1-2-20(11-13-5-3-4-6-16(13)19)17(21)12-24(22,23)15-9-7-14(18)8-10-15/h3-10H,2,11-12H2,1H3. The number of carbonyl (C=O) groups excluding carboxylic acids is 1. The van der Waals surface area contributed by atoms with Gasteiger partial charge in [0.25, 0.3) is 0 Å². The van der Waals surface area contributed by atoms with Gasteiger partial charge >= 0.3 is 0 Å². The summed E-state index contributed by atoms with van der Waals surface area (Å²) in [4.78, 5) is 14.0. The summed E-state index contributed by atoms with van der Waals surface area (Å²) in [6.07, 6.45) is 0. The van der Waals surface area contributed by atoms with Gasteiger partial charge in [0.15, 0.2) is 9.84 Å². The van der Waals surface area contributed by atoms with E-state index in [4.69, 9.17) is 23.2 Å². The Balaban J connectivity index is 2.14. The molecule has 2 aromatic rings. The van der Waals surface area contributed by atoms with Gasteiger partial charge in [0.2, 0.25) is 5.91 Å². The van der Waals surface area contributed by atoms with Crippen LogP contribution in [0.15, 0.2) is 53.4 Å². The Labute approximate surface area is 151 Å². The fourth-order valence-corrected chi connectivity index (χ4v) is 3.73. The number of hydrogen-bond acceptors (Lipinski definition) is 3. The summed E-state index contributed by atoms with van der Waals surface area (Å²) in [6, 6.07) is 12.9. The molecule has 2 rings (SSSR count). The Morgan fingerprint density at radius 3 is 2.25 bits per heavy atom. The Bertz CT molecular complexity index is 820. The third-order valence-electron chi connectivity index (χ3n) is 3.54. The summed E-state index contributed by atoms with van der Waals surface area (Å²) < 4.78 is 24.8. The largest absolute Gasteiger partial charge is 0.338 e. The van der Waals surface area contributed by atoms with E-state index >= 15 is 0 Å². The van der Waals surface area contributed by atoms with Crippen LogP contribution in [-0.4, -0.2) is 31.5 Å². The molecular weight excluding hydrogens is 369 g/mol. The van der Waals surface area contributed by atoms with Crippen LogP contribution in [0, 0.1) is 0 Å². The zero-order valence-corrected chi connectivity index (χ0v) is 15.4. The molecule has 2 aromatic carbocycles. The van der Waals surface area contributed by atoms with E-state index in [1.54, 1.807) is 19.1 Å². The van der Waals surface area contributed by atoms with Crippen molar-refractivity contribution in [1.29, 1.82) is 0 Å². The number of hydrogen-bond donors (Lipinski definition) is 0. The molecule has 0 saturated heterocycles. The van der Waals surface area contributed by atoms with Gasteiger partial charge in [0.05, 0.1) is 4.90 Å². The first kappa shape index (κ1) is 18.8. The second kappa shape index (κ2) is 8.01. The highest BCUT2D eigenvalue weighted by atomic mass is 35.5. The highest BCUT2D eigenvalue weighted by molar-refractivity contribution is 7.92. The fraction of sp³-hybridized carbons (Fsp3) is 0.235. The summed E-state index contributed by atoms with van der Waals surface area (Å²) in [5, 5.41) is 0.985. The van der Waals surface area contributed by atoms with Gasteiger partial charge in [-0.15, -0.1) is 0 Å². The van der Waals surface area contributed by atoms with Gasteiger partial charge in [-0.2, -0.15) is 0 Å². The lowest BCUT2D eigenvalue weighted by Gasteiger charge is -2.21. The first-order valence-electron chi connectivity index (χ1n) is 7.33. The van der Waals surface area contributed by atoms with Crippen LogP contribution in [-0.2, 0) is 21.2 Å². The number of benzene rings is 2. The molecule has 0 saturated carbocycles. The van der Waals surface area contributed by atoms with Crippen LogP contribution < -0.4 is 0 Å². The molecule has 128 valence electrons. The molecule has 0 atom stereocenters. The maximum Gasteiger partial charge on any atom is 0.238 e. The van der Waals surface area contributed by atoms with E-state index in [1.165, 1.54) is 29.2 Å². The van der Waals surface area contributed by atoms with Gasteiger partial charge in [-0.1, -0.05) is 41.4 Å². The predicted octanol–water partition coefficient (Wildman–Crippen LogP) is 3.82. The molecule has 0 fully saturated rings. The summed E-state index contributed by atoms with van der Waals surface area (Å²) in [6.45, 7) is 2.45. The number of rotatable bonds is 6. The molecule has 0 aliphatic carbocycles. The molecule has 0 unspecified atom stereocenters. The molecule has 0 heterocycles. The summed E-state index contributed by atoms with van der Waals surface area (Å²) >= 11 is 11.9. The van der Waals surface area contributed by atoms with E-state index in [2.05, 4.69) is 0 Å². The van der Waals surface area contributed by atoms with Gasteiger partial charge in [-0.05, 0) is 42.8 Å². The monoisotopic (exact) mass is 385 g/mol. The SMILES string of the molecule is CCN(Cc1ccccc1Cl)C(=O)CS(=O)(=O)c1ccc(Cl)cc1. The summed E-state index contributed by atoms with van der Waals surface area (Å²) in [5.41, 5.74) is 0.776. The van der Waals surface area contributed by atoms with E-state index in [1.807, 2.05) is 12.1 Å². The number of nitrogens with zero attached hydrogens (tertiary/aromatic N) is 1. The second-order valence-electron chi connectivity index (χ2n) is 5.21. The van der Waals surface area contributed by atoms with Crippen molar-refractivity contribution in [2.24, 2.45) is 0 Å². The maximum atomic E-state index is 12.4. The molecule has 0 N–H and O–H groups in total. The first-order chi connectivity index (χ1) is 11.3. The van der Waals surface area contributed by atoms with Gasteiger partial charge < -0.3 is 4.90 Å². The lowest BCUT2D eigenvalue weighted by molar-refractivity contribution is -0.128. The lowest BCUT2D eigenvalue weighted by atomic mass is 10.2. The fourth-order valence-electron chi connectivity index (χ4n) is 2.19. The first-order valence-corrected chi connectivity index (χ1v) is 9.74. The number of halogens is 2. The normalized spacial score (nSPS) is 11.3. The van der Waals surface area contributed by atoms with E-state index in [-0.39, 0.29) is 11.4 Å². The van der Waals surface area contributed by atoms with Gasteiger partial charge in [-0.3, -0.25) is 4.79 Å². The average Bonchev–Trinajstić information content (AvgIpc) is 2.54. The van der Waals surface area contributed by atoms with Crippen molar-refractivity contribution in [3.05, 3.63) is 64.1 Å². The lowest BCUT2D eigenvalue weighted by Crippen LogP contribution is -2.35. The molecule has 1 amide bonds. The van der Waals surface area contributed by atoms with Crippen molar-refractivity contribution >= 4 is 38.9 Å². The van der Waals surface area contributed by atoms with Crippen LogP contribution in [0.3, 0.4) is 0 Å². The molecule has 0 spiro atoms. The molecule has 0 radical (unpaired) electrons. The minimum Gasteiger partial charge on any atom is -0.338 e. The molecule has 0 aromatic heterocycles. The smallest absolute Gasteiger partial charge is 0.238 e. The van der Waals surface area contributed by atoms with E-state index in [9.17, 15) is 13.2 Å². The molecule has 7 heteroatoms. The van der Waals surface area contributed by atoms with Crippen LogP contribution in [0.1, 0.15) is 12.5 Å². The van der Waals surface area contributed by atoms with E-state index in [0.717, 1.165) is 5.56 Å². The summed E-state index contributed by atoms with van der Waals surface area (Å²) in [7, 11) is -3.72. The molecule has 24 heavy (non-hydrogen) atoms. The summed E-state index contributed by atoms with van der Waals surface area (Å²) in [5.74, 6) is -1.06. The van der Waals surface area contributed by atoms with Crippen molar-refractivity contribution in [3.8, 4) is 0 Å². The average molecular weight is 386 g/mol. The van der Waals surface area contributed by atoms with Crippen molar-refractivity contribution in [3.63, 3.8) is 0 Å². The van der Waals surface area contributed by atoms with Crippen molar-refractivity contribution in [2.75, 3.05) is 12.3 Å². The van der Waals surface area contributed by atoms with Crippen molar-refractivity contribution in [2.45, 2.75) is 18.4 Å². The minimum atomic E-state index is -3.72. The maximum absolute atomic E-state index is 12.4. The van der Waals surface area contributed by atoms with Crippen LogP contribution in [0.25, 0.3) is 0 Å². The topological polar surface area (TPSA) is 54.5 Å². The van der Waals surface area contributed by atoms with E-state index < -0.39 is 21.5 Å². The van der Waals surface area contributed by atoms with Gasteiger partial charge in [0, 0.05) is 23.1 Å². The number of amides is 1. The van der Waals surface area contributed by atoms with Crippen molar-refractivity contribution in [1.82, 2.24) is 4.90 Å².